The highest BCUT2D eigenvalue weighted by atomic mass is 16.5. The molecule has 124 valence electrons. The Kier molecular flexibility index (Phi) is 3.82. The first kappa shape index (κ1) is 15.2. The molecule has 0 spiro atoms. The van der Waals surface area contributed by atoms with Crippen LogP contribution in [0.25, 0.3) is 10.8 Å². The first-order chi connectivity index (χ1) is 12.2. The van der Waals surface area contributed by atoms with Gasteiger partial charge in [0, 0.05) is 12.1 Å². The maximum Gasteiger partial charge on any atom is 0.262 e. The molecule has 0 unspecified atom stereocenters. The zero-order valence-corrected chi connectivity index (χ0v) is 13.4. The highest BCUT2D eigenvalue weighted by molar-refractivity contribution is 5.99. The first-order valence-corrected chi connectivity index (χ1v) is 8.02. The number of hydrogen-bond donors (Lipinski definition) is 2. The quantitative estimate of drug-likeness (QED) is 0.774. The zero-order valence-electron chi connectivity index (χ0n) is 13.4. The van der Waals surface area contributed by atoms with E-state index in [1.165, 1.54) is 5.39 Å². The van der Waals surface area contributed by atoms with Crippen LogP contribution in [0.4, 0.5) is 5.69 Å². The number of carbonyl (C=O) groups is 2. The average molecular weight is 332 g/mol. The summed E-state index contributed by atoms with van der Waals surface area (Å²) in [5.74, 6) is 0.135. The molecular formula is C20H16N2O3. The van der Waals surface area contributed by atoms with Crippen LogP contribution >= 0.6 is 0 Å². The predicted molar refractivity (Wildman–Crippen MR) is 95.7 cm³/mol. The minimum absolute atomic E-state index is 0.0326. The summed E-state index contributed by atoms with van der Waals surface area (Å²) < 4.78 is 5.35. The van der Waals surface area contributed by atoms with Crippen LogP contribution in [0.2, 0.25) is 0 Å². The lowest BCUT2D eigenvalue weighted by atomic mass is 10.1. The molecular weight excluding hydrogens is 316 g/mol. The van der Waals surface area contributed by atoms with Gasteiger partial charge in [0.15, 0.2) is 6.61 Å². The molecule has 2 amide bonds. The Morgan fingerprint density at radius 3 is 2.76 bits per heavy atom. The Labute approximate surface area is 144 Å². The van der Waals surface area contributed by atoms with E-state index >= 15 is 0 Å². The SMILES string of the molecule is O=C1COc2cc(C(=O)NCc3ccc4ccccc4c3)ccc2N1. The second kappa shape index (κ2) is 6.28. The predicted octanol–water partition coefficient (Wildman–Crippen LogP) is 3.10. The van der Waals surface area contributed by atoms with Crippen LogP contribution in [-0.4, -0.2) is 18.4 Å². The molecule has 25 heavy (non-hydrogen) atoms. The van der Waals surface area contributed by atoms with Crippen LogP contribution < -0.4 is 15.4 Å². The standard InChI is InChI=1S/C20H16N2O3/c23-19-12-25-18-10-16(7-8-17(18)22-19)20(24)21-11-13-5-6-14-3-1-2-4-15(14)9-13/h1-10H,11-12H2,(H,21,24)(H,22,23). The summed E-state index contributed by atoms with van der Waals surface area (Å²) in [5, 5.41) is 7.94. The average Bonchev–Trinajstić information content (AvgIpc) is 2.65. The molecule has 0 radical (unpaired) electrons. The molecule has 1 heterocycles. The van der Waals surface area contributed by atoms with Crippen molar-refractivity contribution in [3.8, 4) is 5.75 Å². The van der Waals surface area contributed by atoms with E-state index in [9.17, 15) is 9.59 Å². The van der Waals surface area contributed by atoms with E-state index in [4.69, 9.17) is 4.74 Å². The number of carbonyl (C=O) groups excluding carboxylic acids is 2. The molecule has 0 fully saturated rings. The monoisotopic (exact) mass is 332 g/mol. The number of ether oxygens (including phenoxy) is 1. The molecule has 3 aromatic rings. The topological polar surface area (TPSA) is 67.4 Å². The van der Waals surface area contributed by atoms with Gasteiger partial charge in [-0.25, -0.2) is 0 Å². The van der Waals surface area contributed by atoms with Crippen LogP contribution in [-0.2, 0) is 11.3 Å². The van der Waals surface area contributed by atoms with Crippen molar-refractivity contribution in [2.24, 2.45) is 0 Å². The van der Waals surface area contributed by atoms with Gasteiger partial charge in [-0.1, -0.05) is 36.4 Å². The largest absolute Gasteiger partial charge is 0.482 e. The summed E-state index contributed by atoms with van der Waals surface area (Å²) in [6.45, 7) is 0.410. The number of benzene rings is 3. The molecule has 3 aromatic carbocycles. The van der Waals surface area contributed by atoms with E-state index in [0.717, 1.165) is 10.9 Å². The fourth-order valence-corrected chi connectivity index (χ4v) is 2.85. The molecule has 0 aromatic heterocycles. The van der Waals surface area contributed by atoms with E-state index in [-0.39, 0.29) is 18.4 Å². The Bertz CT molecular complexity index is 982. The summed E-state index contributed by atoms with van der Waals surface area (Å²) in [6, 6.07) is 19.2. The molecule has 0 saturated carbocycles. The molecule has 0 saturated heterocycles. The van der Waals surface area contributed by atoms with Crippen molar-refractivity contribution in [2.75, 3.05) is 11.9 Å². The van der Waals surface area contributed by atoms with Gasteiger partial charge in [0.25, 0.3) is 11.8 Å². The second-order valence-electron chi connectivity index (χ2n) is 5.91. The van der Waals surface area contributed by atoms with Gasteiger partial charge in [-0.15, -0.1) is 0 Å². The summed E-state index contributed by atoms with van der Waals surface area (Å²) in [4.78, 5) is 23.7. The van der Waals surface area contributed by atoms with Crippen molar-refractivity contribution < 1.29 is 14.3 Å². The maximum atomic E-state index is 12.4. The van der Waals surface area contributed by atoms with Gasteiger partial charge < -0.3 is 15.4 Å². The van der Waals surface area contributed by atoms with Gasteiger partial charge in [0.2, 0.25) is 0 Å². The van der Waals surface area contributed by atoms with Crippen molar-refractivity contribution in [3.05, 3.63) is 71.8 Å². The van der Waals surface area contributed by atoms with Crippen LogP contribution in [0.3, 0.4) is 0 Å². The second-order valence-corrected chi connectivity index (χ2v) is 5.91. The van der Waals surface area contributed by atoms with E-state index in [1.807, 2.05) is 24.3 Å². The van der Waals surface area contributed by atoms with Crippen molar-refractivity contribution in [1.29, 1.82) is 0 Å². The highest BCUT2D eigenvalue weighted by Gasteiger charge is 2.17. The van der Waals surface area contributed by atoms with Crippen LogP contribution in [0.1, 0.15) is 15.9 Å². The smallest absolute Gasteiger partial charge is 0.262 e. The molecule has 0 atom stereocenters. The maximum absolute atomic E-state index is 12.4. The molecule has 1 aliphatic rings. The van der Waals surface area contributed by atoms with Crippen LogP contribution in [0, 0.1) is 0 Å². The van der Waals surface area contributed by atoms with Crippen LogP contribution in [0.15, 0.2) is 60.7 Å². The Morgan fingerprint density at radius 2 is 1.88 bits per heavy atom. The van der Waals surface area contributed by atoms with Crippen molar-refractivity contribution in [3.63, 3.8) is 0 Å². The van der Waals surface area contributed by atoms with Gasteiger partial charge in [0.05, 0.1) is 5.69 Å². The lowest BCUT2D eigenvalue weighted by Gasteiger charge is -2.18. The molecule has 4 rings (SSSR count). The summed E-state index contributed by atoms with van der Waals surface area (Å²) in [7, 11) is 0. The third-order valence-electron chi connectivity index (χ3n) is 4.14. The van der Waals surface area contributed by atoms with Gasteiger partial charge in [-0.3, -0.25) is 9.59 Å². The summed E-state index contributed by atoms with van der Waals surface area (Å²) in [6.07, 6.45) is 0. The van der Waals surface area contributed by atoms with E-state index in [2.05, 4.69) is 28.8 Å². The summed E-state index contributed by atoms with van der Waals surface area (Å²) >= 11 is 0. The molecule has 2 N–H and O–H groups in total. The number of hydrogen-bond acceptors (Lipinski definition) is 3. The minimum atomic E-state index is -0.194. The fraction of sp³-hybridized carbons (Fsp3) is 0.100. The number of fused-ring (bicyclic) bond motifs is 2. The van der Waals surface area contributed by atoms with E-state index < -0.39 is 0 Å². The van der Waals surface area contributed by atoms with Gasteiger partial charge in [-0.2, -0.15) is 0 Å². The van der Waals surface area contributed by atoms with Gasteiger partial charge in [0.1, 0.15) is 5.75 Å². The number of amides is 2. The Hall–Kier alpha value is -3.34. The van der Waals surface area contributed by atoms with Crippen molar-refractivity contribution in [2.45, 2.75) is 6.54 Å². The van der Waals surface area contributed by atoms with E-state index in [1.54, 1.807) is 18.2 Å². The number of nitrogens with one attached hydrogen (secondary N) is 2. The molecule has 5 heteroatoms. The lowest BCUT2D eigenvalue weighted by molar-refractivity contribution is -0.118. The van der Waals surface area contributed by atoms with Gasteiger partial charge in [-0.05, 0) is 40.6 Å². The fourth-order valence-electron chi connectivity index (χ4n) is 2.85. The third-order valence-corrected chi connectivity index (χ3v) is 4.14. The lowest BCUT2D eigenvalue weighted by Crippen LogP contribution is -2.26. The molecule has 0 aliphatic carbocycles. The van der Waals surface area contributed by atoms with Crippen molar-refractivity contribution >= 4 is 28.3 Å². The Morgan fingerprint density at radius 1 is 1.04 bits per heavy atom. The Balaban J connectivity index is 1.47. The van der Waals surface area contributed by atoms with Crippen LogP contribution in [0.5, 0.6) is 5.75 Å². The highest BCUT2D eigenvalue weighted by Crippen LogP contribution is 2.28. The van der Waals surface area contributed by atoms with E-state index in [0.29, 0.717) is 23.5 Å². The minimum Gasteiger partial charge on any atom is -0.482 e. The third kappa shape index (κ3) is 3.17. The number of rotatable bonds is 3. The normalized spacial score (nSPS) is 12.9. The number of anilines is 1. The van der Waals surface area contributed by atoms with Crippen molar-refractivity contribution in [1.82, 2.24) is 5.32 Å². The van der Waals surface area contributed by atoms with Gasteiger partial charge >= 0.3 is 0 Å². The molecule has 5 nitrogen and oxygen atoms in total. The first-order valence-electron chi connectivity index (χ1n) is 8.02. The summed E-state index contributed by atoms with van der Waals surface area (Å²) in [5.41, 5.74) is 2.12. The molecule has 1 aliphatic heterocycles. The molecule has 0 bridgehead atoms. The zero-order chi connectivity index (χ0) is 17.2.